The van der Waals surface area contributed by atoms with Gasteiger partial charge in [-0.3, -0.25) is 0 Å². The maximum atomic E-state index is 3.79. The van der Waals surface area contributed by atoms with Crippen molar-refractivity contribution in [2.45, 2.75) is 45.1 Å². The van der Waals surface area contributed by atoms with E-state index in [4.69, 9.17) is 0 Å². The number of nitrogens with one attached hydrogen (secondary N) is 2. The van der Waals surface area contributed by atoms with Gasteiger partial charge in [0, 0.05) is 6.04 Å². The van der Waals surface area contributed by atoms with E-state index in [2.05, 4.69) is 47.9 Å². The smallest absolute Gasteiger partial charge is 0.0120 e. The second-order valence-corrected chi connectivity index (χ2v) is 5.69. The van der Waals surface area contributed by atoms with Crippen LogP contribution in [0.5, 0.6) is 0 Å². The Morgan fingerprint density at radius 1 is 1.26 bits per heavy atom. The van der Waals surface area contributed by atoms with Gasteiger partial charge in [0.25, 0.3) is 0 Å². The molecule has 1 aliphatic rings. The van der Waals surface area contributed by atoms with Crippen LogP contribution in [0.2, 0.25) is 0 Å². The second-order valence-electron chi connectivity index (χ2n) is 5.69. The zero-order chi connectivity index (χ0) is 13.3. The Labute approximate surface area is 118 Å². The van der Waals surface area contributed by atoms with Crippen LogP contribution in [0.15, 0.2) is 30.3 Å². The molecule has 2 unspecified atom stereocenters. The molecule has 0 aromatic heterocycles. The topological polar surface area (TPSA) is 24.1 Å². The third-order valence-corrected chi connectivity index (χ3v) is 4.20. The lowest BCUT2D eigenvalue weighted by Crippen LogP contribution is -2.48. The van der Waals surface area contributed by atoms with Gasteiger partial charge >= 0.3 is 0 Å². The molecule has 2 rings (SSSR count). The first-order valence-corrected chi connectivity index (χ1v) is 7.88. The lowest BCUT2D eigenvalue weighted by atomic mass is 9.89. The van der Waals surface area contributed by atoms with Crippen LogP contribution in [0.3, 0.4) is 0 Å². The summed E-state index contributed by atoms with van der Waals surface area (Å²) < 4.78 is 0. The quantitative estimate of drug-likeness (QED) is 0.787. The highest BCUT2D eigenvalue weighted by Crippen LogP contribution is 2.18. The Kier molecular flexibility index (Phi) is 6.38. The van der Waals surface area contributed by atoms with Crippen LogP contribution in [-0.2, 0) is 6.42 Å². The van der Waals surface area contributed by atoms with Gasteiger partial charge in [-0.15, -0.1) is 0 Å². The van der Waals surface area contributed by atoms with Gasteiger partial charge in [-0.05, 0) is 50.4 Å². The van der Waals surface area contributed by atoms with Crippen molar-refractivity contribution in [3.05, 3.63) is 35.9 Å². The molecule has 1 aromatic rings. The summed E-state index contributed by atoms with van der Waals surface area (Å²) >= 11 is 0. The van der Waals surface area contributed by atoms with Crippen molar-refractivity contribution < 1.29 is 0 Å². The van der Waals surface area contributed by atoms with E-state index in [0.29, 0.717) is 0 Å². The van der Waals surface area contributed by atoms with Crippen molar-refractivity contribution in [1.29, 1.82) is 0 Å². The van der Waals surface area contributed by atoms with Crippen LogP contribution in [0.1, 0.15) is 38.2 Å². The van der Waals surface area contributed by atoms with E-state index in [1.54, 1.807) is 0 Å². The van der Waals surface area contributed by atoms with E-state index < -0.39 is 0 Å². The van der Waals surface area contributed by atoms with Gasteiger partial charge in [-0.1, -0.05) is 50.1 Å². The predicted molar refractivity (Wildman–Crippen MR) is 82.4 cm³/mol. The van der Waals surface area contributed by atoms with Crippen LogP contribution >= 0.6 is 0 Å². The molecule has 1 heterocycles. The minimum absolute atomic E-state index is 0.719. The lowest BCUT2D eigenvalue weighted by Gasteiger charge is -2.33. The van der Waals surface area contributed by atoms with Crippen molar-refractivity contribution in [1.82, 2.24) is 10.6 Å². The molecule has 2 nitrogen and oxygen atoms in total. The average molecular weight is 260 g/mol. The molecule has 0 aliphatic carbocycles. The van der Waals surface area contributed by atoms with Gasteiger partial charge < -0.3 is 10.6 Å². The molecule has 1 saturated heterocycles. The Bertz CT molecular complexity index is 336. The van der Waals surface area contributed by atoms with Gasteiger partial charge in [0.1, 0.15) is 0 Å². The van der Waals surface area contributed by atoms with Crippen molar-refractivity contribution >= 4 is 0 Å². The normalized spacial score (nSPS) is 23.4. The van der Waals surface area contributed by atoms with Crippen LogP contribution in [0.4, 0.5) is 0 Å². The third-order valence-electron chi connectivity index (χ3n) is 4.20. The zero-order valence-electron chi connectivity index (χ0n) is 12.2. The molecule has 2 atom stereocenters. The van der Waals surface area contributed by atoms with Gasteiger partial charge in [0.05, 0.1) is 0 Å². The highest BCUT2D eigenvalue weighted by Gasteiger charge is 2.23. The maximum Gasteiger partial charge on any atom is 0.0120 e. The monoisotopic (exact) mass is 260 g/mol. The number of benzene rings is 1. The third kappa shape index (κ3) is 4.96. The predicted octanol–water partition coefficient (Wildman–Crippen LogP) is 2.99. The number of hydrogen-bond acceptors (Lipinski definition) is 2. The first-order chi connectivity index (χ1) is 9.40. The largest absolute Gasteiger partial charge is 0.316 e. The summed E-state index contributed by atoms with van der Waals surface area (Å²) in [6, 6.07) is 11.5. The number of piperidine rings is 1. The zero-order valence-corrected chi connectivity index (χ0v) is 12.2. The summed E-state index contributed by atoms with van der Waals surface area (Å²) in [7, 11) is 0. The maximum absolute atomic E-state index is 3.79. The highest BCUT2D eigenvalue weighted by molar-refractivity contribution is 5.14. The summed E-state index contributed by atoms with van der Waals surface area (Å²) in [4.78, 5) is 0. The van der Waals surface area contributed by atoms with E-state index >= 15 is 0 Å². The first-order valence-electron chi connectivity index (χ1n) is 7.88. The second kappa shape index (κ2) is 8.34. The molecular weight excluding hydrogens is 232 g/mol. The van der Waals surface area contributed by atoms with Gasteiger partial charge in [-0.2, -0.15) is 0 Å². The van der Waals surface area contributed by atoms with Crippen molar-refractivity contribution in [3.8, 4) is 0 Å². The Balaban J connectivity index is 1.73. The van der Waals surface area contributed by atoms with Crippen LogP contribution in [0.25, 0.3) is 0 Å². The molecule has 0 bridgehead atoms. The number of rotatable bonds is 7. The highest BCUT2D eigenvalue weighted by atomic mass is 15.0. The molecule has 2 heteroatoms. The van der Waals surface area contributed by atoms with E-state index in [9.17, 15) is 0 Å². The fourth-order valence-electron chi connectivity index (χ4n) is 3.01. The Hall–Kier alpha value is -0.860. The first kappa shape index (κ1) is 14.5. The molecular formula is C17H28N2. The molecule has 0 spiro atoms. The summed E-state index contributed by atoms with van der Waals surface area (Å²) in [5.74, 6) is 0.824. The molecule has 0 amide bonds. The molecule has 0 radical (unpaired) electrons. The van der Waals surface area contributed by atoms with E-state index in [-0.39, 0.29) is 0 Å². The van der Waals surface area contributed by atoms with Crippen molar-refractivity contribution in [2.75, 3.05) is 19.6 Å². The van der Waals surface area contributed by atoms with Gasteiger partial charge in [0.2, 0.25) is 0 Å². The van der Waals surface area contributed by atoms with Crippen molar-refractivity contribution in [2.24, 2.45) is 5.92 Å². The van der Waals surface area contributed by atoms with Gasteiger partial charge in [-0.25, -0.2) is 0 Å². The molecule has 1 fully saturated rings. The minimum Gasteiger partial charge on any atom is -0.316 e. The van der Waals surface area contributed by atoms with E-state index in [1.165, 1.54) is 44.3 Å². The SMILES string of the molecule is CCCCC1CNCCC1NCCc1ccccc1. The number of unbranched alkanes of at least 4 members (excludes halogenated alkanes) is 1. The van der Waals surface area contributed by atoms with Crippen molar-refractivity contribution in [3.63, 3.8) is 0 Å². The summed E-state index contributed by atoms with van der Waals surface area (Å²) in [6.45, 7) is 5.76. The van der Waals surface area contributed by atoms with Crippen LogP contribution < -0.4 is 10.6 Å². The fraction of sp³-hybridized carbons (Fsp3) is 0.647. The fourth-order valence-corrected chi connectivity index (χ4v) is 3.01. The summed E-state index contributed by atoms with van der Waals surface area (Å²) in [5.41, 5.74) is 1.44. The standard InChI is InChI=1S/C17H28N2/c1-2-3-9-16-14-18-12-11-17(16)19-13-10-15-7-5-4-6-8-15/h4-8,16-19H,2-3,9-14H2,1H3. The van der Waals surface area contributed by atoms with E-state index in [0.717, 1.165) is 24.9 Å². The molecule has 0 saturated carbocycles. The molecule has 1 aromatic carbocycles. The molecule has 19 heavy (non-hydrogen) atoms. The molecule has 1 aliphatic heterocycles. The molecule has 2 N–H and O–H groups in total. The van der Waals surface area contributed by atoms with Crippen LogP contribution in [-0.4, -0.2) is 25.7 Å². The molecule has 106 valence electrons. The Morgan fingerprint density at radius 3 is 2.89 bits per heavy atom. The lowest BCUT2D eigenvalue weighted by molar-refractivity contribution is 0.261. The van der Waals surface area contributed by atoms with E-state index in [1.807, 2.05) is 0 Å². The number of hydrogen-bond donors (Lipinski definition) is 2. The Morgan fingerprint density at radius 2 is 2.11 bits per heavy atom. The summed E-state index contributed by atoms with van der Waals surface area (Å²) in [5, 5.41) is 7.33. The minimum atomic E-state index is 0.719. The van der Waals surface area contributed by atoms with Crippen LogP contribution in [0, 0.1) is 5.92 Å². The van der Waals surface area contributed by atoms with Gasteiger partial charge in [0.15, 0.2) is 0 Å². The summed E-state index contributed by atoms with van der Waals surface area (Å²) in [6.07, 6.45) is 6.47. The average Bonchev–Trinajstić information content (AvgIpc) is 2.47.